The number of aromatic amines is 1. The summed E-state index contributed by atoms with van der Waals surface area (Å²) in [7, 11) is 1.44. The third-order valence-electron chi connectivity index (χ3n) is 3.62. The van der Waals surface area contributed by atoms with Crippen molar-refractivity contribution in [2.45, 2.75) is 12.8 Å². The summed E-state index contributed by atoms with van der Waals surface area (Å²) >= 11 is 0. The summed E-state index contributed by atoms with van der Waals surface area (Å²) in [5, 5.41) is 16.2. The first-order valence-electron chi connectivity index (χ1n) is 6.76. The summed E-state index contributed by atoms with van der Waals surface area (Å²) in [6.07, 6.45) is -3.01. The quantitative estimate of drug-likeness (QED) is 0.772. The second-order valence-electron chi connectivity index (χ2n) is 5.05. The fraction of sp³-hybridized carbons (Fsp3) is 0.188. The molecule has 23 heavy (non-hydrogen) atoms. The minimum atomic E-state index is -4.48. The molecule has 1 aromatic heterocycles. The summed E-state index contributed by atoms with van der Waals surface area (Å²) in [6, 6.07) is 6.97. The van der Waals surface area contributed by atoms with E-state index in [0.717, 1.165) is 12.1 Å². The van der Waals surface area contributed by atoms with E-state index in [1.54, 1.807) is 18.2 Å². The van der Waals surface area contributed by atoms with Crippen LogP contribution in [0.2, 0.25) is 0 Å². The fourth-order valence-corrected chi connectivity index (χ4v) is 2.50. The maximum atomic E-state index is 13.1. The number of nitrogens with one attached hydrogen (secondary N) is 1. The van der Waals surface area contributed by atoms with Crippen molar-refractivity contribution >= 4 is 10.9 Å². The Morgan fingerprint density at radius 2 is 1.96 bits per heavy atom. The molecule has 0 atom stereocenters. The van der Waals surface area contributed by atoms with Crippen LogP contribution in [0.1, 0.15) is 11.1 Å². The van der Waals surface area contributed by atoms with Crippen molar-refractivity contribution in [2.24, 2.45) is 0 Å². The van der Waals surface area contributed by atoms with Crippen molar-refractivity contribution in [1.29, 1.82) is 0 Å². The maximum Gasteiger partial charge on any atom is 0.416 e. The number of hydrogen-bond donors (Lipinski definition) is 2. The van der Waals surface area contributed by atoms with Crippen LogP contribution in [-0.2, 0) is 12.8 Å². The van der Waals surface area contributed by atoms with Crippen LogP contribution in [0.15, 0.2) is 36.5 Å². The lowest BCUT2D eigenvalue weighted by Crippen LogP contribution is -2.05. The first kappa shape index (κ1) is 15.4. The van der Waals surface area contributed by atoms with Gasteiger partial charge in [-0.05, 0) is 35.4 Å². The van der Waals surface area contributed by atoms with Crippen LogP contribution >= 0.6 is 0 Å². The number of benzene rings is 2. The number of nitrogens with zero attached hydrogens (tertiary/aromatic N) is 1. The highest BCUT2D eigenvalue weighted by molar-refractivity contribution is 5.96. The zero-order valence-electron chi connectivity index (χ0n) is 12.1. The molecule has 0 saturated carbocycles. The van der Waals surface area contributed by atoms with Gasteiger partial charge in [0.1, 0.15) is 5.75 Å². The standard InChI is InChI=1S/C16H13F3N2O2/c1-23-15-3-2-9(8-22)4-12(15)11-5-10(16(17,18)19)6-14-13(11)7-20-21-14/h2-7,22H,8H2,1H3,(H,20,21). The zero-order chi connectivity index (χ0) is 16.6. The number of halogens is 3. The van der Waals surface area contributed by atoms with Crippen LogP contribution in [-0.4, -0.2) is 22.4 Å². The first-order valence-corrected chi connectivity index (χ1v) is 6.76. The summed E-state index contributed by atoms with van der Waals surface area (Å²) < 4.78 is 44.7. The third-order valence-corrected chi connectivity index (χ3v) is 3.62. The number of methoxy groups -OCH3 is 1. The third kappa shape index (κ3) is 2.75. The van der Waals surface area contributed by atoms with Gasteiger partial charge < -0.3 is 9.84 Å². The van der Waals surface area contributed by atoms with Gasteiger partial charge in [-0.1, -0.05) is 6.07 Å². The zero-order valence-corrected chi connectivity index (χ0v) is 12.1. The Morgan fingerprint density at radius 3 is 2.61 bits per heavy atom. The van der Waals surface area contributed by atoms with E-state index < -0.39 is 11.7 Å². The van der Waals surface area contributed by atoms with Gasteiger partial charge in [-0.3, -0.25) is 5.10 Å². The molecule has 0 aliphatic rings. The van der Waals surface area contributed by atoms with Crippen molar-refractivity contribution in [2.75, 3.05) is 7.11 Å². The minimum absolute atomic E-state index is 0.218. The van der Waals surface area contributed by atoms with Gasteiger partial charge in [-0.2, -0.15) is 18.3 Å². The van der Waals surface area contributed by atoms with Crippen LogP contribution < -0.4 is 4.74 Å². The van der Waals surface area contributed by atoms with E-state index in [1.807, 2.05) is 0 Å². The molecule has 0 unspecified atom stereocenters. The molecule has 0 amide bonds. The molecule has 0 bridgehead atoms. The van der Waals surface area contributed by atoms with Crippen LogP contribution in [0, 0.1) is 0 Å². The highest BCUT2D eigenvalue weighted by atomic mass is 19.4. The Bertz CT molecular complexity index is 856. The second kappa shape index (κ2) is 5.58. The van der Waals surface area contributed by atoms with Gasteiger partial charge in [0.15, 0.2) is 0 Å². The van der Waals surface area contributed by atoms with Crippen LogP contribution in [0.5, 0.6) is 5.75 Å². The molecule has 0 saturated heterocycles. The number of alkyl halides is 3. The molecule has 0 fully saturated rings. The lowest BCUT2D eigenvalue weighted by molar-refractivity contribution is -0.137. The Labute approximate surface area is 129 Å². The SMILES string of the molecule is COc1ccc(CO)cc1-c1cc(C(F)(F)F)cc2[nH]ncc12. The maximum absolute atomic E-state index is 13.1. The predicted molar refractivity (Wildman–Crippen MR) is 79.0 cm³/mol. The van der Waals surface area contributed by atoms with E-state index in [0.29, 0.717) is 27.8 Å². The summed E-state index contributed by atoms with van der Waals surface area (Å²) in [5.74, 6) is 0.420. The first-order chi connectivity index (χ1) is 10.9. The largest absolute Gasteiger partial charge is 0.496 e. The monoisotopic (exact) mass is 322 g/mol. The van der Waals surface area contributed by atoms with Gasteiger partial charge in [0.25, 0.3) is 0 Å². The Kier molecular flexibility index (Phi) is 3.73. The molecule has 0 aliphatic heterocycles. The van der Waals surface area contributed by atoms with Crippen molar-refractivity contribution in [3.8, 4) is 16.9 Å². The van der Waals surface area contributed by atoms with Gasteiger partial charge >= 0.3 is 6.18 Å². The smallest absolute Gasteiger partial charge is 0.416 e. The average Bonchev–Trinajstić information content (AvgIpc) is 3.01. The number of aromatic nitrogens is 2. The number of fused-ring (bicyclic) bond motifs is 1. The van der Waals surface area contributed by atoms with Crippen molar-refractivity contribution in [1.82, 2.24) is 10.2 Å². The van der Waals surface area contributed by atoms with E-state index >= 15 is 0 Å². The molecule has 0 aliphatic carbocycles. The molecule has 7 heteroatoms. The van der Waals surface area contributed by atoms with Gasteiger partial charge in [-0.25, -0.2) is 0 Å². The Morgan fingerprint density at radius 1 is 1.17 bits per heavy atom. The lowest BCUT2D eigenvalue weighted by Gasteiger charge is -2.14. The van der Waals surface area contributed by atoms with E-state index in [2.05, 4.69) is 10.2 Å². The molecule has 120 valence electrons. The van der Waals surface area contributed by atoms with E-state index in [4.69, 9.17) is 4.74 Å². The summed E-state index contributed by atoms with van der Waals surface area (Å²) in [5.41, 5.74) is 0.897. The number of aliphatic hydroxyl groups excluding tert-OH is 1. The Hall–Kier alpha value is -2.54. The number of ether oxygens (including phenoxy) is 1. The number of H-pyrrole nitrogens is 1. The highest BCUT2D eigenvalue weighted by Gasteiger charge is 2.32. The predicted octanol–water partition coefficient (Wildman–Crippen LogP) is 3.75. The molecule has 0 spiro atoms. The molecule has 3 aromatic rings. The topological polar surface area (TPSA) is 58.1 Å². The molecule has 1 heterocycles. The lowest BCUT2D eigenvalue weighted by atomic mass is 9.96. The van der Waals surface area contributed by atoms with E-state index in [-0.39, 0.29) is 12.1 Å². The number of hydrogen-bond acceptors (Lipinski definition) is 3. The molecule has 4 nitrogen and oxygen atoms in total. The van der Waals surface area contributed by atoms with Gasteiger partial charge in [0.05, 0.1) is 31.0 Å². The van der Waals surface area contributed by atoms with Crippen LogP contribution in [0.25, 0.3) is 22.0 Å². The average molecular weight is 322 g/mol. The molecular weight excluding hydrogens is 309 g/mol. The normalized spacial score (nSPS) is 11.9. The van der Waals surface area contributed by atoms with Gasteiger partial charge in [0, 0.05) is 10.9 Å². The summed E-state index contributed by atoms with van der Waals surface area (Å²) in [4.78, 5) is 0. The second-order valence-corrected chi connectivity index (χ2v) is 5.05. The van der Waals surface area contributed by atoms with Crippen molar-refractivity contribution < 1.29 is 23.0 Å². The van der Waals surface area contributed by atoms with E-state index in [1.165, 1.54) is 13.3 Å². The fourth-order valence-electron chi connectivity index (χ4n) is 2.50. The molecule has 0 radical (unpaired) electrons. The highest BCUT2D eigenvalue weighted by Crippen LogP contribution is 2.40. The number of rotatable bonds is 3. The molecule has 3 rings (SSSR count). The Balaban J connectivity index is 2.33. The molecule has 2 N–H and O–H groups in total. The van der Waals surface area contributed by atoms with Crippen LogP contribution in [0.4, 0.5) is 13.2 Å². The van der Waals surface area contributed by atoms with Crippen molar-refractivity contribution in [3.63, 3.8) is 0 Å². The van der Waals surface area contributed by atoms with Crippen molar-refractivity contribution in [3.05, 3.63) is 47.7 Å². The molecule has 2 aromatic carbocycles. The van der Waals surface area contributed by atoms with Gasteiger partial charge in [0.2, 0.25) is 0 Å². The van der Waals surface area contributed by atoms with Gasteiger partial charge in [-0.15, -0.1) is 0 Å². The number of aliphatic hydroxyl groups is 1. The molecular formula is C16H13F3N2O2. The summed E-state index contributed by atoms with van der Waals surface area (Å²) in [6.45, 7) is -0.218. The minimum Gasteiger partial charge on any atom is -0.496 e. The van der Waals surface area contributed by atoms with E-state index in [9.17, 15) is 18.3 Å². The van der Waals surface area contributed by atoms with Crippen LogP contribution in [0.3, 0.4) is 0 Å².